The molecule has 0 amide bonds. The SMILES string of the molecule is CC(=O)SCC(O)C(O)c1ccc(CCCC(=O)O)cc1. The van der Waals surface area contributed by atoms with Crippen molar-refractivity contribution in [2.45, 2.75) is 38.4 Å². The quantitative estimate of drug-likeness (QED) is 0.677. The van der Waals surface area contributed by atoms with Crippen molar-refractivity contribution in [1.29, 1.82) is 0 Å². The fraction of sp³-hybridized carbons (Fsp3) is 0.467. The van der Waals surface area contributed by atoms with Gasteiger partial charge in [0, 0.05) is 19.1 Å². The molecule has 0 aromatic heterocycles. The smallest absolute Gasteiger partial charge is 0.303 e. The predicted octanol–water partition coefficient (Wildman–Crippen LogP) is 1.77. The van der Waals surface area contributed by atoms with Crippen molar-refractivity contribution in [3.8, 4) is 0 Å². The molecule has 0 aliphatic heterocycles. The second-order valence-corrected chi connectivity index (χ2v) is 6.00. The van der Waals surface area contributed by atoms with E-state index in [1.165, 1.54) is 6.92 Å². The second-order valence-electron chi connectivity index (χ2n) is 4.80. The first-order valence-electron chi connectivity index (χ1n) is 6.70. The van der Waals surface area contributed by atoms with Crippen LogP contribution in [0.5, 0.6) is 0 Å². The molecule has 5 nitrogen and oxygen atoms in total. The Bertz CT molecular complexity index is 471. The van der Waals surface area contributed by atoms with E-state index in [-0.39, 0.29) is 17.3 Å². The molecule has 0 saturated heterocycles. The number of carbonyl (C=O) groups excluding carboxylic acids is 1. The minimum Gasteiger partial charge on any atom is -0.481 e. The number of carboxylic acids is 1. The van der Waals surface area contributed by atoms with E-state index in [4.69, 9.17) is 5.11 Å². The van der Waals surface area contributed by atoms with Crippen LogP contribution in [0.1, 0.15) is 37.0 Å². The Morgan fingerprint density at radius 3 is 2.33 bits per heavy atom. The van der Waals surface area contributed by atoms with Crippen molar-refractivity contribution in [3.63, 3.8) is 0 Å². The number of aliphatic hydroxyl groups is 2. The first-order chi connectivity index (χ1) is 9.90. The number of aliphatic hydroxyl groups excluding tert-OH is 2. The topological polar surface area (TPSA) is 94.8 Å². The van der Waals surface area contributed by atoms with Gasteiger partial charge in [0.1, 0.15) is 6.10 Å². The molecule has 2 atom stereocenters. The van der Waals surface area contributed by atoms with Crippen LogP contribution in [-0.2, 0) is 16.0 Å². The monoisotopic (exact) mass is 312 g/mol. The molecule has 0 spiro atoms. The third kappa shape index (κ3) is 6.75. The van der Waals surface area contributed by atoms with Crippen molar-refractivity contribution < 1.29 is 24.9 Å². The molecule has 0 saturated carbocycles. The van der Waals surface area contributed by atoms with Crippen molar-refractivity contribution in [3.05, 3.63) is 35.4 Å². The molecule has 1 aromatic rings. The Morgan fingerprint density at radius 1 is 1.19 bits per heavy atom. The van der Waals surface area contributed by atoms with Gasteiger partial charge in [0.05, 0.1) is 6.10 Å². The van der Waals surface area contributed by atoms with E-state index in [0.29, 0.717) is 18.4 Å². The molecule has 21 heavy (non-hydrogen) atoms. The van der Waals surface area contributed by atoms with Gasteiger partial charge in [0.2, 0.25) is 0 Å². The lowest BCUT2D eigenvalue weighted by atomic mass is 10.0. The van der Waals surface area contributed by atoms with Gasteiger partial charge in [0.25, 0.3) is 0 Å². The summed E-state index contributed by atoms with van der Waals surface area (Å²) in [6, 6.07) is 7.04. The van der Waals surface area contributed by atoms with Crippen molar-refractivity contribution in [2.75, 3.05) is 5.75 Å². The molecule has 0 bridgehead atoms. The van der Waals surface area contributed by atoms with E-state index < -0.39 is 18.2 Å². The molecule has 6 heteroatoms. The molecular weight excluding hydrogens is 292 g/mol. The molecule has 1 rings (SSSR count). The Kier molecular flexibility index (Phi) is 7.42. The number of aryl methyl sites for hydroxylation is 1. The molecule has 0 fully saturated rings. The molecule has 1 aromatic carbocycles. The number of hydrogen-bond donors (Lipinski definition) is 3. The molecule has 2 unspecified atom stereocenters. The largest absolute Gasteiger partial charge is 0.481 e. The van der Waals surface area contributed by atoms with Crippen LogP contribution in [0.3, 0.4) is 0 Å². The summed E-state index contributed by atoms with van der Waals surface area (Å²) < 4.78 is 0. The van der Waals surface area contributed by atoms with Crippen LogP contribution >= 0.6 is 11.8 Å². The number of carboxylic acid groups (broad SMARTS) is 1. The van der Waals surface area contributed by atoms with Gasteiger partial charge in [-0.15, -0.1) is 0 Å². The summed E-state index contributed by atoms with van der Waals surface area (Å²) in [4.78, 5) is 21.3. The van der Waals surface area contributed by atoms with E-state index in [0.717, 1.165) is 17.3 Å². The molecule has 0 aliphatic rings. The Morgan fingerprint density at radius 2 is 1.81 bits per heavy atom. The first-order valence-corrected chi connectivity index (χ1v) is 7.69. The van der Waals surface area contributed by atoms with Gasteiger partial charge in [0.15, 0.2) is 5.12 Å². The highest BCUT2D eigenvalue weighted by molar-refractivity contribution is 8.13. The van der Waals surface area contributed by atoms with Gasteiger partial charge < -0.3 is 15.3 Å². The van der Waals surface area contributed by atoms with Crippen LogP contribution in [0.4, 0.5) is 0 Å². The average molecular weight is 312 g/mol. The minimum absolute atomic E-state index is 0.102. The lowest BCUT2D eigenvalue weighted by molar-refractivity contribution is -0.137. The van der Waals surface area contributed by atoms with Crippen LogP contribution < -0.4 is 0 Å². The summed E-state index contributed by atoms with van der Waals surface area (Å²) in [5.74, 6) is -0.662. The highest BCUT2D eigenvalue weighted by Crippen LogP contribution is 2.21. The zero-order chi connectivity index (χ0) is 15.8. The van der Waals surface area contributed by atoms with E-state index in [1.807, 2.05) is 12.1 Å². The summed E-state index contributed by atoms with van der Waals surface area (Å²) >= 11 is 0.975. The van der Waals surface area contributed by atoms with Crippen molar-refractivity contribution in [2.24, 2.45) is 0 Å². The maximum atomic E-state index is 10.8. The Balaban J connectivity index is 2.52. The third-order valence-corrected chi connectivity index (χ3v) is 3.91. The number of benzene rings is 1. The summed E-state index contributed by atoms with van der Waals surface area (Å²) in [5, 5.41) is 28.3. The van der Waals surface area contributed by atoms with Crippen LogP contribution in [0.2, 0.25) is 0 Å². The maximum absolute atomic E-state index is 10.8. The number of thioether (sulfide) groups is 1. The minimum atomic E-state index is -1.04. The molecular formula is C15H20O5S. The predicted molar refractivity (Wildman–Crippen MR) is 81.1 cm³/mol. The van der Waals surface area contributed by atoms with E-state index in [1.54, 1.807) is 12.1 Å². The fourth-order valence-electron chi connectivity index (χ4n) is 1.84. The zero-order valence-corrected chi connectivity index (χ0v) is 12.7. The lowest BCUT2D eigenvalue weighted by Gasteiger charge is -2.17. The van der Waals surface area contributed by atoms with E-state index in [9.17, 15) is 19.8 Å². The van der Waals surface area contributed by atoms with Crippen LogP contribution in [0, 0.1) is 0 Å². The molecule has 0 heterocycles. The summed E-state index contributed by atoms with van der Waals surface area (Å²) in [6.07, 6.45) is -0.687. The van der Waals surface area contributed by atoms with Gasteiger partial charge in [-0.05, 0) is 24.0 Å². The van der Waals surface area contributed by atoms with E-state index >= 15 is 0 Å². The first kappa shape index (κ1) is 17.7. The highest BCUT2D eigenvalue weighted by Gasteiger charge is 2.18. The summed E-state index contributed by atoms with van der Waals surface area (Å²) in [6.45, 7) is 1.41. The standard InChI is InChI=1S/C15H20O5S/c1-10(16)21-9-13(17)15(20)12-7-5-11(6-8-12)3-2-4-14(18)19/h5-8,13,15,17,20H,2-4,9H2,1H3,(H,18,19). The van der Waals surface area contributed by atoms with E-state index in [2.05, 4.69) is 0 Å². The molecule has 116 valence electrons. The van der Waals surface area contributed by atoms with Crippen LogP contribution in [0.15, 0.2) is 24.3 Å². The van der Waals surface area contributed by atoms with Crippen molar-refractivity contribution >= 4 is 22.8 Å². The number of hydrogen-bond acceptors (Lipinski definition) is 5. The second kappa shape index (κ2) is 8.81. The molecule has 3 N–H and O–H groups in total. The molecule has 0 aliphatic carbocycles. The van der Waals surface area contributed by atoms with Gasteiger partial charge in [-0.25, -0.2) is 0 Å². The maximum Gasteiger partial charge on any atom is 0.303 e. The Labute approximate surface area is 128 Å². The highest BCUT2D eigenvalue weighted by atomic mass is 32.2. The summed E-state index contributed by atoms with van der Waals surface area (Å²) in [5.41, 5.74) is 1.56. The summed E-state index contributed by atoms with van der Waals surface area (Å²) in [7, 11) is 0. The average Bonchev–Trinajstić information content (AvgIpc) is 2.44. The molecule has 0 radical (unpaired) electrons. The van der Waals surface area contributed by atoms with Crippen molar-refractivity contribution in [1.82, 2.24) is 0 Å². The third-order valence-electron chi connectivity index (χ3n) is 3.00. The van der Waals surface area contributed by atoms with Crippen LogP contribution in [-0.4, -0.2) is 38.3 Å². The van der Waals surface area contributed by atoms with Gasteiger partial charge >= 0.3 is 5.97 Å². The zero-order valence-electron chi connectivity index (χ0n) is 11.9. The van der Waals surface area contributed by atoms with Gasteiger partial charge in [-0.3, -0.25) is 9.59 Å². The number of aliphatic carboxylic acids is 1. The van der Waals surface area contributed by atoms with Crippen LogP contribution in [0.25, 0.3) is 0 Å². The Hall–Kier alpha value is -1.37. The lowest BCUT2D eigenvalue weighted by Crippen LogP contribution is -2.21. The van der Waals surface area contributed by atoms with Gasteiger partial charge in [-0.2, -0.15) is 0 Å². The number of carbonyl (C=O) groups is 2. The van der Waals surface area contributed by atoms with Gasteiger partial charge in [-0.1, -0.05) is 36.0 Å². The number of rotatable bonds is 8. The fourth-order valence-corrected chi connectivity index (χ4v) is 2.43. The normalized spacial score (nSPS) is 13.7.